The van der Waals surface area contributed by atoms with Crippen LogP contribution in [0.2, 0.25) is 0 Å². The first-order valence-electron chi connectivity index (χ1n) is 5.77. The molecule has 0 aromatic carbocycles. The van der Waals surface area contributed by atoms with E-state index >= 15 is 0 Å². The highest BCUT2D eigenvalue weighted by atomic mass is 16.6. The number of aliphatic hydroxyl groups is 1. The molecule has 0 fully saturated rings. The molecule has 0 bridgehead atoms. The summed E-state index contributed by atoms with van der Waals surface area (Å²) >= 11 is 0. The van der Waals surface area contributed by atoms with Crippen LogP contribution in [0.3, 0.4) is 0 Å². The van der Waals surface area contributed by atoms with Gasteiger partial charge in [-0.3, -0.25) is 0 Å². The van der Waals surface area contributed by atoms with E-state index < -0.39 is 6.29 Å². The Morgan fingerprint density at radius 3 is 2.56 bits per heavy atom. The molecule has 0 aromatic heterocycles. The van der Waals surface area contributed by atoms with Gasteiger partial charge < -0.3 is 19.3 Å². The molecule has 3 unspecified atom stereocenters. The summed E-state index contributed by atoms with van der Waals surface area (Å²) in [6.07, 6.45) is 9.87. The van der Waals surface area contributed by atoms with Gasteiger partial charge >= 0.3 is 0 Å². The Labute approximate surface area is 95.5 Å². The molecule has 1 N–H and O–H groups in total. The van der Waals surface area contributed by atoms with Gasteiger partial charge in [0, 0.05) is 0 Å². The van der Waals surface area contributed by atoms with Gasteiger partial charge in [-0.15, -0.1) is 0 Å². The van der Waals surface area contributed by atoms with Crippen LogP contribution in [0.4, 0.5) is 0 Å². The van der Waals surface area contributed by atoms with Crippen molar-refractivity contribution in [2.45, 2.75) is 44.2 Å². The summed E-state index contributed by atoms with van der Waals surface area (Å²) in [4.78, 5) is 0. The fraction of sp³-hybridized carbons (Fsp3) is 0.667. The van der Waals surface area contributed by atoms with Gasteiger partial charge in [0.15, 0.2) is 6.29 Å². The predicted octanol–water partition coefficient (Wildman–Crippen LogP) is 1.71. The summed E-state index contributed by atoms with van der Waals surface area (Å²) < 4.78 is 16.0. The fourth-order valence-electron chi connectivity index (χ4n) is 1.78. The maximum absolute atomic E-state index is 9.75. The second-order valence-corrected chi connectivity index (χ2v) is 4.05. The van der Waals surface area contributed by atoms with E-state index in [1.807, 2.05) is 12.2 Å². The molecular formula is C12H18O4. The van der Waals surface area contributed by atoms with Crippen LogP contribution in [0.5, 0.6) is 0 Å². The van der Waals surface area contributed by atoms with E-state index in [1.165, 1.54) is 0 Å². The standard InChI is InChI=1S/C12H18O4/c13-12(11-6-2-4-8-15-11)16-9-10-5-1-3-7-14-10/h3-4,7-8,10-13H,1-2,5-6,9H2. The van der Waals surface area contributed by atoms with E-state index in [4.69, 9.17) is 14.2 Å². The Morgan fingerprint density at radius 1 is 1.19 bits per heavy atom. The van der Waals surface area contributed by atoms with Gasteiger partial charge in [0.2, 0.25) is 0 Å². The van der Waals surface area contributed by atoms with Crippen molar-refractivity contribution in [3.63, 3.8) is 0 Å². The van der Waals surface area contributed by atoms with Crippen molar-refractivity contribution in [3.05, 3.63) is 24.7 Å². The molecule has 90 valence electrons. The van der Waals surface area contributed by atoms with Crippen molar-refractivity contribution in [2.75, 3.05) is 6.61 Å². The molecule has 0 radical (unpaired) electrons. The maximum Gasteiger partial charge on any atom is 0.192 e. The molecule has 2 aliphatic heterocycles. The Kier molecular flexibility index (Phi) is 4.25. The van der Waals surface area contributed by atoms with E-state index in [0.29, 0.717) is 6.61 Å². The first-order valence-corrected chi connectivity index (χ1v) is 5.77. The second kappa shape index (κ2) is 5.92. The van der Waals surface area contributed by atoms with Crippen LogP contribution in [0.25, 0.3) is 0 Å². The first-order chi connectivity index (χ1) is 7.86. The van der Waals surface area contributed by atoms with E-state index in [1.54, 1.807) is 12.5 Å². The van der Waals surface area contributed by atoms with Gasteiger partial charge in [0.1, 0.15) is 12.2 Å². The Hall–Kier alpha value is -1.00. The zero-order valence-electron chi connectivity index (χ0n) is 9.25. The zero-order chi connectivity index (χ0) is 11.2. The number of aliphatic hydroxyl groups excluding tert-OH is 1. The number of ether oxygens (including phenoxy) is 3. The highest BCUT2D eigenvalue weighted by Crippen LogP contribution is 2.16. The summed E-state index contributed by atoms with van der Waals surface area (Å²) in [5.41, 5.74) is 0. The zero-order valence-corrected chi connectivity index (χ0v) is 9.25. The Bertz CT molecular complexity index is 262. The van der Waals surface area contributed by atoms with Gasteiger partial charge in [0.25, 0.3) is 0 Å². The van der Waals surface area contributed by atoms with Crippen LogP contribution < -0.4 is 0 Å². The molecule has 4 nitrogen and oxygen atoms in total. The lowest BCUT2D eigenvalue weighted by Crippen LogP contribution is -2.34. The van der Waals surface area contributed by atoms with Gasteiger partial charge in [-0.05, 0) is 37.8 Å². The lowest BCUT2D eigenvalue weighted by Gasteiger charge is -2.26. The van der Waals surface area contributed by atoms with Crippen molar-refractivity contribution in [2.24, 2.45) is 0 Å². The molecule has 2 aliphatic rings. The van der Waals surface area contributed by atoms with Crippen LogP contribution in [-0.2, 0) is 14.2 Å². The van der Waals surface area contributed by atoms with Crippen molar-refractivity contribution in [1.29, 1.82) is 0 Å². The normalized spacial score (nSPS) is 30.6. The number of allylic oxidation sites excluding steroid dienone is 2. The van der Waals surface area contributed by atoms with Crippen molar-refractivity contribution < 1.29 is 19.3 Å². The Balaban J connectivity index is 1.68. The minimum atomic E-state index is -0.862. The first kappa shape index (κ1) is 11.5. The van der Waals surface area contributed by atoms with E-state index in [2.05, 4.69) is 0 Å². The van der Waals surface area contributed by atoms with Gasteiger partial charge in [-0.2, -0.15) is 0 Å². The molecule has 4 heteroatoms. The molecule has 0 amide bonds. The average molecular weight is 226 g/mol. The number of hydrogen-bond acceptors (Lipinski definition) is 4. The minimum Gasteiger partial charge on any atom is -0.496 e. The molecule has 0 aromatic rings. The third-order valence-corrected chi connectivity index (χ3v) is 2.76. The topological polar surface area (TPSA) is 47.9 Å². The van der Waals surface area contributed by atoms with Crippen molar-refractivity contribution >= 4 is 0 Å². The molecule has 0 aliphatic carbocycles. The average Bonchev–Trinajstić information content (AvgIpc) is 2.38. The van der Waals surface area contributed by atoms with E-state index in [0.717, 1.165) is 25.7 Å². The molecule has 0 saturated heterocycles. The summed E-state index contributed by atoms with van der Waals surface area (Å²) in [5.74, 6) is 0. The van der Waals surface area contributed by atoms with Crippen LogP contribution >= 0.6 is 0 Å². The molecule has 3 atom stereocenters. The van der Waals surface area contributed by atoms with Crippen molar-refractivity contribution in [1.82, 2.24) is 0 Å². The number of rotatable bonds is 4. The lowest BCUT2D eigenvalue weighted by atomic mass is 10.1. The molecule has 2 rings (SSSR count). The molecule has 2 heterocycles. The van der Waals surface area contributed by atoms with Crippen molar-refractivity contribution in [3.8, 4) is 0 Å². The van der Waals surface area contributed by atoms with Crippen LogP contribution in [-0.4, -0.2) is 30.2 Å². The van der Waals surface area contributed by atoms with Gasteiger partial charge in [0.05, 0.1) is 19.1 Å². The van der Waals surface area contributed by atoms with Crippen LogP contribution in [0.15, 0.2) is 24.7 Å². The molecule has 0 spiro atoms. The second-order valence-electron chi connectivity index (χ2n) is 4.05. The predicted molar refractivity (Wildman–Crippen MR) is 58.5 cm³/mol. The quantitative estimate of drug-likeness (QED) is 0.741. The number of hydrogen-bond donors (Lipinski definition) is 1. The summed E-state index contributed by atoms with van der Waals surface area (Å²) in [6.45, 7) is 0.412. The van der Waals surface area contributed by atoms with Crippen LogP contribution in [0.1, 0.15) is 25.7 Å². The third-order valence-electron chi connectivity index (χ3n) is 2.76. The maximum atomic E-state index is 9.75. The summed E-state index contributed by atoms with van der Waals surface area (Å²) in [6, 6.07) is 0. The van der Waals surface area contributed by atoms with E-state index in [-0.39, 0.29) is 12.2 Å². The fourth-order valence-corrected chi connectivity index (χ4v) is 1.78. The summed E-state index contributed by atoms with van der Waals surface area (Å²) in [5, 5.41) is 9.75. The summed E-state index contributed by atoms with van der Waals surface area (Å²) in [7, 11) is 0. The molecular weight excluding hydrogens is 208 g/mol. The minimum absolute atomic E-state index is 0.0544. The highest BCUT2D eigenvalue weighted by Gasteiger charge is 2.23. The monoisotopic (exact) mass is 226 g/mol. The van der Waals surface area contributed by atoms with E-state index in [9.17, 15) is 5.11 Å². The lowest BCUT2D eigenvalue weighted by molar-refractivity contribution is -0.180. The van der Waals surface area contributed by atoms with Gasteiger partial charge in [-0.1, -0.05) is 0 Å². The van der Waals surface area contributed by atoms with Crippen LogP contribution in [0, 0.1) is 0 Å². The molecule has 0 saturated carbocycles. The van der Waals surface area contributed by atoms with Gasteiger partial charge in [-0.25, -0.2) is 0 Å². The Morgan fingerprint density at radius 2 is 1.94 bits per heavy atom. The highest BCUT2D eigenvalue weighted by molar-refractivity contribution is 4.84. The SMILES string of the molecule is OC(OCC1CCC=CO1)C1CCC=CO1. The smallest absolute Gasteiger partial charge is 0.192 e. The largest absolute Gasteiger partial charge is 0.496 e. The molecule has 16 heavy (non-hydrogen) atoms. The third kappa shape index (κ3) is 3.25.